The molecule has 0 radical (unpaired) electrons. The Balaban J connectivity index is 1.90. The van der Waals surface area contributed by atoms with Gasteiger partial charge in [0.05, 0.1) is 0 Å². The summed E-state index contributed by atoms with van der Waals surface area (Å²) >= 11 is 0. The lowest BCUT2D eigenvalue weighted by molar-refractivity contribution is -0.149. The first-order valence-corrected chi connectivity index (χ1v) is 7.19. The smallest absolute Gasteiger partial charge is 0.319 e. The molecule has 2 amide bonds. The fourth-order valence-corrected chi connectivity index (χ4v) is 2.27. The van der Waals surface area contributed by atoms with Gasteiger partial charge in [-0.15, -0.1) is 0 Å². The van der Waals surface area contributed by atoms with E-state index < -0.39 is 17.3 Å². The molecule has 2 N–H and O–H groups in total. The summed E-state index contributed by atoms with van der Waals surface area (Å²) in [5, 5.41) is 11.7. The zero-order valence-electron chi connectivity index (χ0n) is 12.8. The number of amides is 2. The summed E-state index contributed by atoms with van der Waals surface area (Å²) < 4.78 is 0. The summed E-state index contributed by atoms with van der Waals surface area (Å²) in [5.41, 5.74) is 0.314. The molecule has 0 atom stereocenters. The number of nitrogens with one attached hydrogen (secondary N) is 1. The molecule has 0 unspecified atom stereocenters. The van der Waals surface area contributed by atoms with Gasteiger partial charge in [-0.25, -0.2) is 0 Å². The molecular formula is C16H20N2O4. The van der Waals surface area contributed by atoms with Gasteiger partial charge in [0.2, 0.25) is 5.91 Å². The first-order chi connectivity index (χ1) is 10.4. The minimum absolute atomic E-state index is 0.0753. The van der Waals surface area contributed by atoms with Gasteiger partial charge in [-0.1, -0.05) is 12.1 Å². The molecule has 0 saturated heterocycles. The molecule has 6 heteroatoms. The van der Waals surface area contributed by atoms with Crippen molar-refractivity contribution in [1.29, 1.82) is 0 Å². The van der Waals surface area contributed by atoms with Gasteiger partial charge in [-0.3, -0.25) is 14.4 Å². The van der Waals surface area contributed by atoms with E-state index in [0.29, 0.717) is 31.4 Å². The summed E-state index contributed by atoms with van der Waals surface area (Å²) in [6.07, 6.45) is 1.36. The molecule has 2 rings (SSSR count). The van der Waals surface area contributed by atoms with Crippen molar-refractivity contribution in [3.63, 3.8) is 0 Å². The Bertz CT molecular complexity index is 606. The highest BCUT2D eigenvalue weighted by atomic mass is 16.4. The van der Waals surface area contributed by atoms with Crippen LogP contribution in [0.5, 0.6) is 0 Å². The van der Waals surface area contributed by atoms with Crippen LogP contribution < -0.4 is 5.32 Å². The van der Waals surface area contributed by atoms with Gasteiger partial charge in [-0.05, 0) is 37.0 Å². The van der Waals surface area contributed by atoms with Gasteiger partial charge in [0.15, 0.2) is 0 Å². The molecule has 0 aliphatic heterocycles. The molecule has 1 fully saturated rings. The highest BCUT2D eigenvalue weighted by Gasteiger charge is 2.56. The van der Waals surface area contributed by atoms with Gasteiger partial charge >= 0.3 is 5.97 Å². The van der Waals surface area contributed by atoms with E-state index in [1.807, 2.05) is 6.07 Å². The van der Waals surface area contributed by atoms with Crippen LogP contribution in [-0.2, 0) is 16.0 Å². The topological polar surface area (TPSA) is 86.7 Å². The largest absolute Gasteiger partial charge is 0.480 e. The zero-order chi connectivity index (χ0) is 16.3. The Kier molecular flexibility index (Phi) is 4.49. The fourth-order valence-electron chi connectivity index (χ4n) is 2.27. The maximum Gasteiger partial charge on any atom is 0.319 e. The maximum absolute atomic E-state index is 11.9. The Morgan fingerprint density at radius 2 is 1.95 bits per heavy atom. The predicted octanol–water partition coefficient (Wildman–Crippen LogP) is 0.912. The molecule has 1 aromatic carbocycles. The molecule has 1 aromatic rings. The third-order valence-corrected chi connectivity index (χ3v) is 3.87. The Morgan fingerprint density at radius 3 is 2.50 bits per heavy atom. The van der Waals surface area contributed by atoms with E-state index in [4.69, 9.17) is 5.11 Å². The van der Waals surface area contributed by atoms with Crippen molar-refractivity contribution < 1.29 is 19.5 Å². The summed E-state index contributed by atoms with van der Waals surface area (Å²) in [4.78, 5) is 36.3. The van der Waals surface area contributed by atoms with Crippen LogP contribution in [-0.4, -0.2) is 48.4 Å². The number of aliphatic carboxylic acids is 1. The number of carboxylic acid groups (broad SMARTS) is 1. The predicted molar refractivity (Wildman–Crippen MR) is 80.5 cm³/mol. The van der Waals surface area contributed by atoms with Crippen molar-refractivity contribution in [3.05, 3.63) is 35.4 Å². The normalized spacial score (nSPS) is 15.0. The molecule has 1 aliphatic rings. The second-order valence-electron chi connectivity index (χ2n) is 5.79. The summed E-state index contributed by atoms with van der Waals surface area (Å²) in [5.74, 6) is -1.54. The average Bonchev–Trinajstić information content (AvgIpc) is 3.28. The van der Waals surface area contributed by atoms with Crippen molar-refractivity contribution in [2.24, 2.45) is 5.41 Å². The number of hydrogen-bond donors (Lipinski definition) is 2. The molecule has 6 nitrogen and oxygen atoms in total. The lowest BCUT2D eigenvalue weighted by Gasteiger charge is -2.12. The van der Waals surface area contributed by atoms with E-state index in [9.17, 15) is 14.4 Å². The van der Waals surface area contributed by atoms with Crippen molar-refractivity contribution in [1.82, 2.24) is 10.2 Å². The number of benzene rings is 1. The Morgan fingerprint density at radius 1 is 1.27 bits per heavy atom. The van der Waals surface area contributed by atoms with Crippen molar-refractivity contribution in [3.8, 4) is 0 Å². The first kappa shape index (κ1) is 16.0. The SMILES string of the molecule is CN(C)C(=O)c1cccc(CCNC(=O)C2(C(=O)O)CC2)c1. The van der Waals surface area contributed by atoms with Crippen molar-refractivity contribution in [2.75, 3.05) is 20.6 Å². The molecule has 22 heavy (non-hydrogen) atoms. The van der Waals surface area contributed by atoms with E-state index in [0.717, 1.165) is 5.56 Å². The van der Waals surface area contributed by atoms with Crippen LogP contribution in [0.3, 0.4) is 0 Å². The number of carboxylic acids is 1. The van der Waals surface area contributed by atoms with E-state index >= 15 is 0 Å². The second kappa shape index (κ2) is 6.17. The molecule has 0 aromatic heterocycles. The van der Waals surface area contributed by atoms with Crippen molar-refractivity contribution in [2.45, 2.75) is 19.3 Å². The molecule has 118 valence electrons. The van der Waals surface area contributed by atoms with E-state index in [2.05, 4.69) is 5.32 Å². The standard InChI is InChI=1S/C16H20N2O4/c1-18(2)13(19)12-5-3-4-11(10-12)6-9-17-14(20)16(7-8-16)15(21)22/h3-5,10H,6-9H2,1-2H3,(H,17,20)(H,21,22). The highest BCUT2D eigenvalue weighted by Crippen LogP contribution is 2.45. The molecular weight excluding hydrogens is 284 g/mol. The van der Waals surface area contributed by atoms with E-state index in [-0.39, 0.29) is 5.91 Å². The lowest BCUT2D eigenvalue weighted by Crippen LogP contribution is -2.37. The summed E-state index contributed by atoms with van der Waals surface area (Å²) in [7, 11) is 3.38. The Labute approximate surface area is 129 Å². The third kappa shape index (κ3) is 3.27. The quantitative estimate of drug-likeness (QED) is 0.765. The lowest BCUT2D eigenvalue weighted by atomic mass is 10.1. The minimum Gasteiger partial charge on any atom is -0.480 e. The van der Waals surface area contributed by atoms with Gasteiger partial charge < -0.3 is 15.3 Å². The zero-order valence-corrected chi connectivity index (χ0v) is 12.8. The molecule has 1 aliphatic carbocycles. The van der Waals surface area contributed by atoms with Gasteiger partial charge in [-0.2, -0.15) is 0 Å². The number of rotatable bonds is 6. The number of hydrogen-bond acceptors (Lipinski definition) is 3. The van der Waals surface area contributed by atoms with Crippen LogP contribution in [0.1, 0.15) is 28.8 Å². The third-order valence-electron chi connectivity index (χ3n) is 3.87. The summed E-state index contributed by atoms with van der Waals surface area (Å²) in [6.45, 7) is 0.355. The van der Waals surface area contributed by atoms with Crippen LogP contribution in [0.15, 0.2) is 24.3 Å². The van der Waals surface area contributed by atoms with Crippen LogP contribution >= 0.6 is 0 Å². The van der Waals surface area contributed by atoms with Crippen LogP contribution in [0, 0.1) is 5.41 Å². The minimum atomic E-state index is -1.21. The van der Waals surface area contributed by atoms with Crippen LogP contribution in [0.4, 0.5) is 0 Å². The monoisotopic (exact) mass is 304 g/mol. The highest BCUT2D eigenvalue weighted by molar-refractivity contribution is 6.04. The van der Waals surface area contributed by atoms with Gasteiger partial charge in [0.25, 0.3) is 5.91 Å². The van der Waals surface area contributed by atoms with Crippen LogP contribution in [0.2, 0.25) is 0 Å². The summed E-state index contributed by atoms with van der Waals surface area (Å²) in [6, 6.07) is 7.21. The number of carbonyl (C=O) groups is 3. The second-order valence-corrected chi connectivity index (χ2v) is 5.79. The van der Waals surface area contributed by atoms with Gasteiger partial charge in [0, 0.05) is 26.2 Å². The maximum atomic E-state index is 11.9. The molecule has 0 bridgehead atoms. The molecule has 0 heterocycles. The number of carbonyl (C=O) groups excluding carboxylic acids is 2. The average molecular weight is 304 g/mol. The van der Waals surface area contributed by atoms with E-state index in [1.54, 1.807) is 32.3 Å². The number of nitrogens with zero attached hydrogens (tertiary/aromatic N) is 1. The van der Waals surface area contributed by atoms with Crippen LogP contribution in [0.25, 0.3) is 0 Å². The van der Waals surface area contributed by atoms with E-state index in [1.165, 1.54) is 4.90 Å². The fraction of sp³-hybridized carbons (Fsp3) is 0.438. The molecule has 1 saturated carbocycles. The Hall–Kier alpha value is -2.37. The molecule has 0 spiro atoms. The van der Waals surface area contributed by atoms with Crippen molar-refractivity contribution >= 4 is 17.8 Å². The first-order valence-electron chi connectivity index (χ1n) is 7.19. The van der Waals surface area contributed by atoms with Gasteiger partial charge in [0.1, 0.15) is 5.41 Å².